The van der Waals surface area contributed by atoms with E-state index in [1.807, 2.05) is 37.4 Å². The Morgan fingerprint density at radius 1 is 1.27 bits per heavy atom. The second-order valence-electron chi connectivity index (χ2n) is 6.96. The van der Waals surface area contributed by atoms with E-state index in [0.717, 1.165) is 11.1 Å². The normalized spacial score (nSPS) is 11.3. The van der Waals surface area contributed by atoms with E-state index in [0.29, 0.717) is 23.4 Å². The Balaban J connectivity index is 1.72. The summed E-state index contributed by atoms with van der Waals surface area (Å²) in [6, 6.07) is 11.3. The number of likely N-dealkylation sites (N-methyl/N-ethyl adjacent to an activating group) is 1. The van der Waals surface area contributed by atoms with E-state index in [4.69, 9.17) is 4.74 Å². The molecule has 7 nitrogen and oxygen atoms in total. The van der Waals surface area contributed by atoms with Gasteiger partial charge in [0.1, 0.15) is 0 Å². The average molecular weight is 404 g/mol. The predicted octanol–water partition coefficient (Wildman–Crippen LogP) is 1.90. The number of pyridine rings is 1. The Hall–Kier alpha value is -3.63. The molecule has 0 spiro atoms. The van der Waals surface area contributed by atoms with Crippen LogP contribution in [0.1, 0.15) is 27.0 Å². The third kappa shape index (κ3) is 5.46. The molecule has 1 atom stereocenters. The molecular formula is C23H24N4O3. The molecule has 154 valence electrons. The number of hydrogen-bond acceptors (Lipinski definition) is 5. The minimum atomic E-state index is -0.669. The van der Waals surface area contributed by atoms with Crippen LogP contribution >= 0.6 is 0 Å². The summed E-state index contributed by atoms with van der Waals surface area (Å²) in [7, 11) is 4.97. The Bertz CT molecular complexity index is 1070. The molecule has 0 aliphatic rings. The molecule has 30 heavy (non-hydrogen) atoms. The van der Waals surface area contributed by atoms with Crippen molar-refractivity contribution >= 4 is 5.91 Å². The summed E-state index contributed by atoms with van der Waals surface area (Å²) in [5.74, 6) is 6.08. The van der Waals surface area contributed by atoms with Crippen molar-refractivity contribution in [3.05, 3.63) is 77.2 Å². The van der Waals surface area contributed by atoms with E-state index >= 15 is 0 Å². The fourth-order valence-corrected chi connectivity index (χ4v) is 3.02. The van der Waals surface area contributed by atoms with Crippen molar-refractivity contribution in [1.82, 2.24) is 19.7 Å². The number of benzene rings is 1. The number of aliphatic hydroxyl groups excluding tert-OH is 1. The fraction of sp³-hybridized carbons (Fsp3) is 0.261. The Kier molecular flexibility index (Phi) is 6.83. The standard InChI is InChI=1S/C23H24N4O3/c1-26(16-21(28)11-17-7-5-4-6-8-17)23(29)20-12-19(22(30-3)24-14-20)10-9-18-13-25-27(2)15-18/h4-8,12-15,21,28H,11,16H2,1-3H3/t21-/m0/s1. The van der Waals surface area contributed by atoms with Crippen LogP contribution in [0, 0.1) is 11.8 Å². The molecule has 2 heterocycles. The van der Waals surface area contributed by atoms with Crippen molar-refractivity contribution in [1.29, 1.82) is 0 Å². The first-order valence-electron chi connectivity index (χ1n) is 9.48. The van der Waals surface area contributed by atoms with Crippen LogP contribution in [-0.2, 0) is 13.5 Å². The molecule has 0 fully saturated rings. The number of aromatic nitrogens is 3. The molecule has 2 aromatic heterocycles. The maximum atomic E-state index is 12.8. The zero-order valence-corrected chi connectivity index (χ0v) is 17.2. The van der Waals surface area contributed by atoms with E-state index in [2.05, 4.69) is 21.9 Å². The van der Waals surface area contributed by atoms with E-state index in [1.54, 1.807) is 30.2 Å². The summed E-state index contributed by atoms with van der Waals surface area (Å²) in [6.07, 6.45) is 4.71. The number of aryl methyl sites for hydroxylation is 1. The van der Waals surface area contributed by atoms with Gasteiger partial charge in [0.2, 0.25) is 5.88 Å². The predicted molar refractivity (Wildman–Crippen MR) is 113 cm³/mol. The molecule has 0 unspecified atom stereocenters. The SMILES string of the molecule is COc1ncc(C(=O)N(C)C[C@@H](O)Cc2ccccc2)cc1C#Cc1cnn(C)c1. The average Bonchev–Trinajstić information content (AvgIpc) is 3.17. The molecule has 3 rings (SSSR count). The zero-order chi connectivity index (χ0) is 21.5. The van der Waals surface area contributed by atoms with Gasteiger partial charge in [-0.05, 0) is 11.6 Å². The highest BCUT2D eigenvalue weighted by Crippen LogP contribution is 2.17. The lowest BCUT2D eigenvalue weighted by molar-refractivity contribution is 0.0681. The zero-order valence-electron chi connectivity index (χ0n) is 17.2. The van der Waals surface area contributed by atoms with Crippen molar-refractivity contribution in [2.45, 2.75) is 12.5 Å². The second kappa shape index (κ2) is 9.72. The lowest BCUT2D eigenvalue weighted by atomic mass is 10.1. The smallest absolute Gasteiger partial charge is 0.255 e. The highest BCUT2D eigenvalue weighted by atomic mass is 16.5. The number of carbonyl (C=O) groups is 1. The molecule has 0 aliphatic carbocycles. The largest absolute Gasteiger partial charge is 0.480 e. The highest BCUT2D eigenvalue weighted by Gasteiger charge is 2.18. The van der Waals surface area contributed by atoms with Crippen LogP contribution in [0.2, 0.25) is 0 Å². The molecule has 1 N–H and O–H groups in total. The summed E-state index contributed by atoms with van der Waals surface area (Å²) >= 11 is 0. The highest BCUT2D eigenvalue weighted by molar-refractivity contribution is 5.94. The van der Waals surface area contributed by atoms with Gasteiger partial charge in [0.15, 0.2) is 0 Å². The van der Waals surface area contributed by atoms with Gasteiger partial charge in [-0.15, -0.1) is 0 Å². The Labute approximate surface area is 175 Å². The minimum Gasteiger partial charge on any atom is -0.480 e. The second-order valence-corrected chi connectivity index (χ2v) is 6.96. The van der Waals surface area contributed by atoms with Crippen molar-refractivity contribution in [3.8, 4) is 17.7 Å². The van der Waals surface area contributed by atoms with Gasteiger partial charge >= 0.3 is 0 Å². The van der Waals surface area contributed by atoms with Gasteiger partial charge < -0.3 is 14.7 Å². The molecule has 0 bridgehead atoms. The van der Waals surface area contributed by atoms with E-state index in [-0.39, 0.29) is 12.5 Å². The number of carbonyl (C=O) groups excluding carboxylic acids is 1. The maximum Gasteiger partial charge on any atom is 0.255 e. The van der Waals surface area contributed by atoms with Crippen molar-refractivity contribution in [3.63, 3.8) is 0 Å². The third-order valence-corrected chi connectivity index (χ3v) is 4.48. The number of methoxy groups -OCH3 is 1. The van der Waals surface area contributed by atoms with Gasteiger partial charge in [-0.25, -0.2) is 4.98 Å². The van der Waals surface area contributed by atoms with Gasteiger partial charge in [0.25, 0.3) is 5.91 Å². The number of amides is 1. The van der Waals surface area contributed by atoms with Crippen LogP contribution in [0.25, 0.3) is 0 Å². The van der Waals surface area contributed by atoms with Gasteiger partial charge in [-0.2, -0.15) is 5.10 Å². The van der Waals surface area contributed by atoms with Crippen LogP contribution in [0.4, 0.5) is 0 Å². The lowest BCUT2D eigenvalue weighted by Gasteiger charge is -2.21. The van der Waals surface area contributed by atoms with Crippen LogP contribution in [0.15, 0.2) is 55.0 Å². The molecule has 0 saturated heterocycles. The summed E-state index contributed by atoms with van der Waals surface area (Å²) < 4.78 is 6.93. The minimum absolute atomic E-state index is 0.205. The summed E-state index contributed by atoms with van der Waals surface area (Å²) in [6.45, 7) is 0.205. The molecule has 3 aromatic rings. The van der Waals surface area contributed by atoms with Gasteiger partial charge in [-0.1, -0.05) is 42.2 Å². The van der Waals surface area contributed by atoms with Gasteiger partial charge in [0, 0.05) is 39.5 Å². The number of nitrogens with zero attached hydrogens (tertiary/aromatic N) is 4. The van der Waals surface area contributed by atoms with E-state index in [9.17, 15) is 9.90 Å². The van der Waals surface area contributed by atoms with Crippen LogP contribution < -0.4 is 4.74 Å². The first-order chi connectivity index (χ1) is 14.5. The third-order valence-electron chi connectivity index (χ3n) is 4.48. The Morgan fingerprint density at radius 2 is 2.03 bits per heavy atom. The first kappa shape index (κ1) is 21.1. The molecule has 0 radical (unpaired) electrons. The molecule has 1 aromatic carbocycles. The molecule has 0 saturated carbocycles. The van der Waals surface area contributed by atoms with E-state index in [1.165, 1.54) is 18.2 Å². The molecular weight excluding hydrogens is 380 g/mol. The number of hydrogen-bond donors (Lipinski definition) is 1. The van der Waals surface area contributed by atoms with Crippen LogP contribution in [0.3, 0.4) is 0 Å². The fourth-order valence-electron chi connectivity index (χ4n) is 3.02. The summed E-state index contributed by atoms with van der Waals surface area (Å²) in [5, 5.41) is 14.4. The van der Waals surface area contributed by atoms with Gasteiger partial charge in [0.05, 0.1) is 36.1 Å². The molecule has 7 heteroatoms. The van der Waals surface area contributed by atoms with Crippen molar-refractivity contribution < 1.29 is 14.6 Å². The summed E-state index contributed by atoms with van der Waals surface area (Å²) in [5.41, 5.74) is 2.65. The van der Waals surface area contributed by atoms with Crippen molar-refractivity contribution in [2.24, 2.45) is 7.05 Å². The number of rotatable bonds is 6. The molecule has 1 amide bonds. The number of ether oxygens (including phenoxy) is 1. The maximum absolute atomic E-state index is 12.8. The number of aliphatic hydroxyl groups is 1. The summed E-state index contributed by atoms with van der Waals surface area (Å²) in [4.78, 5) is 18.5. The quantitative estimate of drug-likeness (QED) is 0.635. The van der Waals surface area contributed by atoms with Crippen LogP contribution in [-0.4, -0.2) is 57.5 Å². The lowest BCUT2D eigenvalue weighted by Crippen LogP contribution is -2.35. The van der Waals surface area contributed by atoms with Crippen molar-refractivity contribution in [2.75, 3.05) is 20.7 Å². The molecule has 0 aliphatic heterocycles. The monoisotopic (exact) mass is 404 g/mol. The first-order valence-corrected chi connectivity index (χ1v) is 9.48. The van der Waals surface area contributed by atoms with Crippen LogP contribution in [0.5, 0.6) is 5.88 Å². The van der Waals surface area contributed by atoms with Gasteiger partial charge in [-0.3, -0.25) is 9.48 Å². The Morgan fingerprint density at radius 3 is 2.70 bits per heavy atom. The topological polar surface area (TPSA) is 80.5 Å². The van der Waals surface area contributed by atoms with E-state index < -0.39 is 6.10 Å².